The standard InChI is InChI=1S/C26H27BrO7/c1-3-33-25(31)26(32,23(30)22(29)20-9-6-10-21(27)14-20)24(16(2)28)34-15-17-11-12-18-7-4-5-8-19(18)13-17/h4-14,22-24,29-30,32H,3,15H2,1-2H3/t22-,23-,24-,26+/m0/s1. The molecule has 0 unspecified atom stereocenters. The third-order valence-corrected chi connectivity index (χ3v) is 6.04. The molecule has 0 aliphatic rings. The van der Waals surface area contributed by atoms with E-state index in [4.69, 9.17) is 9.47 Å². The number of ketones is 1. The molecule has 8 heteroatoms. The Hall–Kier alpha value is -2.62. The average Bonchev–Trinajstić information content (AvgIpc) is 2.82. The Morgan fingerprint density at radius 2 is 1.71 bits per heavy atom. The lowest BCUT2D eigenvalue weighted by Gasteiger charge is -2.38. The molecule has 3 aromatic rings. The van der Waals surface area contributed by atoms with Gasteiger partial charge in [0, 0.05) is 4.47 Å². The van der Waals surface area contributed by atoms with E-state index in [1.54, 1.807) is 18.2 Å². The van der Waals surface area contributed by atoms with E-state index in [0.29, 0.717) is 10.0 Å². The predicted molar refractivity (Wildman–Crippen MR) is 130 cm³/mol. The van der Waals surface area contributed by atoms with Gasteiger partial charge in [-0.3, -0.25) is 4.79 Å². The van der Waals surface area contributed by atoms with Crippen LogP contribution in [0.2, 0.25) is 0 Å². The molecular formula is C26H27BrO7. The third-order valence-electron chi connectivity index (χ3n) is 5.54. The number of hydrogen-bond acceptors (Lipinski definition) is 7. The van der Waals surface area contributed by atoms with E-state index < -0.39 is 35.7 Å². The number of halogens is 1. The molecule has 0 amide bonds. The highest BCUT2D eigenvalue weighted by Crippen LogP contribution is 2.32. The molecule has 0 spiro atoms. The number of carbonyl (C=O) groups is 2. The van der Waals surface area contributed by atoms with Gasteiger partial charge in [0.25, 0.3) is 0 Å². The Morgan fingerprint density at radius 1 is 1.00 bits per heavy atom. The molecule has 3 rings (SSSR count). The summed E-state index contributed by atoms with van der Waals surface area (Å²) in [6.07, 6.45) is -5.63. The lowest BCUT2D eigenvalue weighted by atomic mass is 9.83. The minimum absolute atomic E-state index is 0.115. The van der Waals surface area contributed by atoms with Crippen molar-refractivity contribution in [1.29, 1.82) is 0 Å². The predicted octanol–water partition coefficient (Wildman–Crippen LogP) is 3.47. The first-order valence-corrected chi connectivity index (χ1v) is 11.6. The molecule has 180 valence electrons. The molecule has 0 fully saturated rings. The smallest absolute Gasteiger partial charge is 0.344 e. The molecule has 0 aliphatic heterocycles. The van der Waals surface area contributed by atoms with Crippen LogP contribution in [0.5, 0.6) is 0 Å². The molecule has 3 aromatic carbocycles. The summed E-state index contributed by atoms with van der Waals surface area (Å²) < 4.78 is 11.3. The van der Waals surface area contributed by atoms with Crippen LogP contribution in [-0.2, 0) is 25.7 Å². The molecule has 4 atom stereocenters. The van der Waals surface area contributed by atoms with E-state index in [9.17, 15) is 24.9 Å². The summed E-state index contributed by atoms with van der Waals surface area (Å²) in [5, 5.41) is 35.2. The number of hydrogen-bond donors (Lipinski definition) is 3. The van der Waals surface area contributed by atoms with E-state index in [2.05, 4.69) is 15.9 Å². The topological polar surface area (TPSA) is 113 Å². The van der Waals surface area contributed by atoms with Gasteiger partial charge >= 0.3 is 5.97 Å². The molecular weight excluding hydrogens is 504 g/mol. The zero-order chi connectivity index (χ0) is 24.9. The van der Waals surface area contributed by atoms with Crippen LogP contribution >= 0.6 is 15.9 Å². The summed E-state index contributed by atoms with van der Waals surface area (Å²) in [6, 6.07) is 19.6. The first-order chi connectivity index (χ1) is 16.2. The largest absolute Gasteiger partial charge is 0.464 e. The van der Waals surface area contributed by atoms with Gasteiger partial charge in [-0.1, -0.05) is 64.5 Å². The van der Waals surface area contributed by atoms with E-state index >= 15 is 0 Å². The number of carbonyl (C=O) groups excluding carboxylic acids is 2. The molecule has 0 heterocycles. The number of benzene rings is 3. The summed E-state index contributed by atoms with van der Waals surface area (Å²) in [6.45, 7) is 2.41. The average molecular weight is 531 g/mol. The van der Waals surface area contributed by atoms with E-state index in [1.807, 2.05) is 36.4 Å². The summed E-state index contributed by atoms with van der Waals surface area (Å²) in [5.74, 6) is -1.98. The Morgan fingerprint density at radius 3 is 2.35 bits per heavy atom. The van der Waals surface area contributed by atoms with Crippen LogP contribution in [0.25, 0.3) is 10.8 Å². The van der Waals surface area contributed by atoms with Crippen molar-refractivity contribution in [1.82, 2.24) is 0 Å². The van der Waals surface area contributed by atoms with Gasteiger partial charge in [0.1, 0.15) is 12.2 Å². The fourth-order valence-corrected chi connectivity index (χ4v) is 4.22. The number of rotatable bonds is 10. The van der Waals surface area contributed by atoms with Crippen molar-refractivity contribution >= 4 is 38.5 Å². The first-order valence-electron chi connectivity index (χ1n) is 10.8. The second kappa shape index (κ2) is 11.2. The van der Waals surface area contributed by atoms with Crippen molar-refractivity contribution in [3.05, 3.63) is 82.3 Å². The monoisotopic (exact) mass is 530 g/mol. The van der Waals surface area contributed by atoms with Crippen molar-refractivity contribution in [2.75, 3.05) is 6.61 Å². The molecule has 0 bridgehead atoms. The van der Waals surface area contributed by atoms with E-state index in [0.717, 1.165) is 17.7 Å². The van der Waals surface area contributed by atoms with E-state index in [1.165, 1.54) is 19.1 Å². The van der Waals surface area contributed by atoms with Crippen molar-refractivity contribution in [2.45, 2.75) is 44.4 Å². The zero-order valence-electron chi connectivity index (χ0n) is 18.8. The minimum Gasteiger partial charge on any atom is -0.464 e. The Bertz CT molecular complexity index is 1160. The van der Waals surface area contributed by atoms with Crippen LogP contribution in [0.15, 0.2) is 71.2 Å². The molecule has 7 nitrogen and oxygen atoms in total. The van der Waals surface area contributed by atoms with Crippen molar-refractivity contribution in [3.63, 3.8) is 0 Å². The van der Waals surface area contributed by atoms with Gasteiger partial charge in [-0.2, -0.15) is 0 Å². The lowest BCUT2D eigenvalue weighted by molar-refractivity contribution is -0.217. The Kier molecular flexibility index (Phi) is 8.57. The first kappa shape index (κ1) is 26.0. The number of aliphatic hydroxyl groups is 3. The number of esters is 1. The molecule has 3 N–H and O–H groups in total. The number of ether oxygens (including phenoxy) is 2. The zero-order valence-corrected chi connectivity index (χ0v) is 20.4. The summed E-state index contributed by atoms with van der Waals surface area (Å²) in [5.41, 5.74) is -1.94. The van der Waals surface area contributed by atoms with Gasteiger partial charge < -0.3 is 24.8 Å². The number of Topliss-reactive ketones (excluding diaryl/α,β-unsaturated/α-hetero) is 1. The van der Waals surface area contributed by atoms with Crippen LogP contribution in [0.3, 0.4) is 0 Å². The summed E-state index contributed by atoms with van der Waals surface area (Å²) in [7, 11) is 0. The van der Waals surface area contributed by atoms with Crippen LogP contribution in [-0.4, -0.2) is 51.5 Å². The van der Waals surface area contributed by atoms with Crippen molar-refractivity contribution < 1.29 is 34.4 Å². The highest BCUT2D eigenvalue weighted by Gasteiger charge is 2.57. The molecule has 0 aromatic heterocycles. The highest BCUT2D eigenvalue weighted by molar-refractivity contribution is 9.10. The maximum absolute atomic E-state index is 12.9. The highest BCUT2D eigenvalue weighted by atomic mass is 79.9. The van der Waals surface area contributed by atoms with E-state index in [-0.39, 0.29) is 18.8 Å². The van der Waals surface area contributed by atoms with Crippen LogP contribution in [0, 0.1) is 0 Å². The van der Waals surface area contributed by atoms with Gasteiger partial charge in [-0.25, -0.2) is 4.79 Å². The fourth-order valence-electron chi connectivity index (χ4n) is 3.81. The fraction of sp³-hybridized carbons (Fsp3) is 0.308. The molecule has 0 saturated heterocycles. The third kappa shape index (κ3) is 5.54. The lowest BCUT2D eigenvalue weighted by Crippen LogP contribution is -2.63. The van der Waals surface area contributed by atoms with Gasteiger partial charge in [-0.05, 0) is 53.9 Å². The molecule has 0 radical (unpaired) electrons. The summed E-state index contributed by atoms with van der Waals surface area (Å²) in [4.78, 5) is 25.4. The maximum Gasteiger partial charge on any atom is 0.344 e. The number of fused-ring (bicyclic) bond motifs is 1. The van der Waals surface area contributed by atoms with Crippen LogP contribution in [0.4, 0.5) is 0 Å². The van der Waals surface area contributed by atoms with Crippen LogP contribution < -0.4 is 0 Å². The van der Waals surface area contributed by atoms with Crippen molar-refractivity contribution in [2.24, 2.45) is 0 Å². The Balaban J connectivity index is 1.93. The quantitative estimate of drug-likeness (QED) is 0.344. The van der Waals surface area contributed by atoms with Crippen molar-refractivity contribution in [3.8, 4) is 0 Å². The number of aliphatic hydroxyl groups excluding tert-OH is 2. The second-order valence-corrected chi connectivity index (χ2v) is 8.89. The molecule has 34 heavy (non-hydrogen) atoms. The van der Waals surface area contributed by atoms with Gasteiger partial charge in [-0.15, -0.1) is 0 Å². The summed E-state index contributed by atoms with van der Waals surface area (Å²) >= 11 is 3.28. The molecule has 0 saturated carbocycles. The normalized spacial score (nSPS) is 15.8. The second-order valence-electron chi connectivity index (χ2n) is 7.97. The SMILES string of the molecule is CCOC(=O)[C@](O)([C@@H](OCc1ccc2ccccc2c1)C(C)=O)[C@@H](O)[C@@H](O)c1cccc(Br)c1. The Labute approximate surface area is 206 Å². The van der Waals surface area contributed by atoms with Gasteiger partial charge in [0.05, 0.1) is 13.2 Å². The minimum atomic E-state index is -2.86. The molecule has 0 aliphatic carbocycles. The van der Waals surface area contributed by atoms with Crippen LogP contribution in [0.1, 0.15) is 31.1 Å². The maximum atomic E-state index is 12.9. The van der Waals surface area contributed by atoms with Gasteiger partial charge in [0.15, 0.2) is 11.9 Å². The van der Waals surface area contributed by atoms with Gasteiger partial charge in [0.2, 0.25) is 5.60 Å².